The molecule has 3 N–H and O–H groups in total. The van der Waals surface area contributed by atoms with E-state index in [0.29, 0.717) is 13.2 Å². The molecular weight excluding hydrogens is 606 g/mol. The molecule has 2 fully saturated rings. The summed E-state index contributed by atoms with van der Waals surface area (Å²) in [4.78, 5) is 11.7. The lowest BCUT2D eigenvalue weighted by atomic mass is 9.96. The lowest BCUT2D eigenvalue weighted by molar-refractivity contribution is -0.333. The zero-order valence-corrected chi connectivity index (χ0v) is 26.9. The van der Waals surface area contributed by atoms with Crippen molar-refractivity contribution in [2.75, 3.05) is 13.7 Å². The van der Waals surface area contributed by atoms with Gasteiger partial charge in [0, 0.05) is 14.0 Å². The van der Waals surface area contributed by atoms with Crippen molar-refractivity contribution < 1.29 is 48.2 Å². The molecule has 0 radical (unpaired) electrons. The van der Waals surface area contributed by atoms with Gasteiger partial charge in [-0.05, 0) is 23.6 Å². The average molecular weight is 652 g/mol. The predicted octanol–water partition coefficient (Wildman–Crippen LogP) is 3.10. The fourth-order valence-electron chi connectivity index (χ4n) is 5.85. The van der Waals surface area contributed by atoms with Gasteiger partial charge in [0.15, 0.2) is 12.6 Å². The molecule has 0 saturated carbocycles. The number of aliphatic hydroxyl groups is 2. The van der Waals surface area contributed by atoms with E-state index in [2.05, 4.69) is 5.32 Å². The Hall–Kier alpha value is -3.23. The molecule has 0 aliphatic carbocycles. The smallest absolute Gasteiger partial charge is 0.217 e. The Morgan fingerprint density at radius 1 is 0.681 bits per heavy atom. The van der Waals surface area contributed by atoms with Crippen LogP contribution in [0.1, 0.15) is 30.5 Å². The molecule has 2 aliphatic rings. The number of nitrogens with one attached hydrogen (secondary N) is 1. The van der Waals surface area contributed by atoms with Gasteiger partial charge in [-0.15, -0.1) is 0 Å². The van der Waals surface area contributed by atoms with Crippen LogP contribution >= 0.6 is 0 Å². The first-order valence-corrected chi connectivity index (χ1v) is 15.9. The van der Waals surface area contributed by atoms with Crippen LogP contribution in [0.15, 0.2) is 91.0 Å². The van der Waals surface area contributed by atoms with Crippen molar-refractivity contribution in [3.63, 3.8) is 0 Å². The Kier molecular flexibility index (Phi) is 12.9. The summed E-state index contributed by atoms with van der Waals surface area (Å²) >= 11 is 0. The Morgan fingerprint density at radius 3 is 1.66 bits per heavy atom. The summed E-state index contributed by atoms with van der Waals surface area (Å²) in [6, 6.07) is 28.5. The van der Waals surface area contributed by atoms with E-state index in [9.17, 15) is 15.0 Å². The first kappa shape index (κ1) is 35.1. The lowest BCUT2D eigenvalue weighted by Gasteiger charge is -2.46. The van der Waals surface area contributed by atoms with Gasteiger partial charge in [-0.3, -0.25) is 4.79 Å². The number of methoxy groups -OCH3 is 1. The SMILES string of the molecule is CO[C@@H]1O[C@H](CO[C@@H]2O[C@@H](C)[C@@H](OCc3ccccc3)[C@@H](OCc3ccccc3)[C@@H]2OCc2ccccc2)[C@@H](O)[C@H](O)[C@H]1NC(C)=O. The molecule has 11 heteroatoms. The second-order valence-electron chi connectivity index (χ2n) is 11.8. The first-order chi connectivity index (χ1) is 22.8. The van der Waals surface area contributed by atoms with Crippen LogP contribution < -0.4 is 5.32 Å². The highest BCUT2D eigenvalue weighted by molar-refractivity contribution is 5.73. The predicted molar refractivity (Wildman–Crippen MR) is 171 cm³/mol. The number of carbonyl (C=O) groups is 1. The van der Waals surface area contributed by atoms with Crippen molar-refractivity contribution >= 4 is 5.91 Å². The van der Waals surface area contributed by atoms with Crippen molar-refractivity contribution in [3.05, 3.63) is 108 Å². The Balaban J connectivity index is 1.37. The summed E-state index contributed by atoms with van der Waals surface area (Å²) in [6.45, 7) is 3.94. The van der Waals surface area contributed by atoms with E-state index in [0.717, 1.165) is 16.7 Å². The fourth-order valence-corrected chi connectivity index (χ4v) is 5.85. The molecule has 0 unspecified atom stereocenters. The van der Waals surface area contributed by atoms with E-state index >= 15 is 0 Å². The lowest BCUT2D eigenvalue weighted by Crippen LogP contribution is -2.65. The molecule has 2 heterocycles. The molecule has 1 amide bonds. The number of aliphatic hydroxyl groups excluding tert-OH is 2. The van der Waals surface area contributed by atoms with E-state index in [-0.39, 0.29) is 13.2 Å². The van der Waals surface area contributed by atoms with Gasteiger partial charge < -0.3 is 48.7 Å². The number of rotatable bonds is 14. The molecule has 11 nitrogen and oxygen atoms in total. The molecule has 2 aliphatic heterocycles. The monoisotopic (exact) mass is 651 g/mol. The van der Waals surface area contributed by atoms with Crippen molar-refractivity contribution in [2.45, 2.75) is 95.0 Å². The van der Waals surface area contributed by atoms with Crippen LogP contribution in [0.3, 0.4) is 0 Å². The summed E-state index contributed by atoms with van der Waals surface area (Å²) < 4.78 is 43.6. The Labute approximate surface area is 275 Å². The second-order valence-corrected chi connectivity index (χ2v) is 11.8. The molecule has 0 spiro atoms. The number of benzene rings is 3. The fraction of sp³-hybridized carbons (Fsp3) is 0.472. The van der Waals surface area contributed by atoms with E-state index in [1.807, 2.05) is 97.9 Å². The van der Waals surface area contributed by atoms with E-state index in [1.54, 1.807) is 0 Å². The van der Waals surface area contributed by atoms with Crippen LogP contribution in [0.2, 0.25) is 0 Å². The molecule has 5 rings (SSSR count). The second kappa shape index (κ2) is 17.3. The minimum Gasteiger partial charge on any atom is -0.388 e. The third kappa shape index (κ3) is 9.44. The van der Waals surface area contributed by atoms with Crippen LogP contribution in [-0.2, 0) is 57.8 Å². The Bertz CT molecular complexity index is 1350. The third-order valence-electron chi connectivity index (χ3n) is 8.31. The highest BCUT2D eigenvalue weighted by Crippen LogP contribution is 2.32. The van der Waals surface area contributed by atoms with Crippen LogP contribution in [0.5, 0.6) is 0 Å². The van der Waals surface area contributed by atoms with Gasteiger partial charge in [0.2, 0.25) is 5.91 Å². The maximum Gasteiger partial charge on any atom is 0.217 e. The number of hydrogen-bond acceptors (Lipinski definition) is 10. The van der Waals surface area contributed by atoms with Gasteiger partial charge in [0.1, 0.15) is 42.7 Å². The van der Waals surface area contributed by atoms with Crippen LogP contribution in [-0.4, -0.2) is 91.2 Å². The zero-order valence-electron chi connectivity index (χ0n) is 26.9. The minimum absolute atomic E-state index is 0.172. The van der Waals surface area contributed by atoms with E-state index in [1.165, 1.54) is 14.0 Å². The number of carbonyl (C=O) groups excluding carboxylic acids is 1. The highest BCUT2D eigenvalue weighted by Gasteiger charge is 2.49. The number of ether oxygens (including phenoxy) is 7. The van der Waals surface area contributed by atoms with Crippen molar-refractivity contribution in [1.82, 2.24) is 5.32 Å². The first-order valence-electron chi connectivity index (χ1n) is 15.9. The van der Waals surface area contributed by atoms with E-state index in [4.69, 9.17) is 33.2 Å². The number of hydrogen-bond donors (Lipinski definition) is 3. The van der Waals surface area contributed by atoms with Gasteiger partial charge in [-0.1, -0.05) is 91.0 Å². The summed E-state index contributed by atoms with van der Waals surface area (Å²) in [7, 11) is 1.39. The van der Waals surface area contributed by atoms with Crippen LogP contribution in [0, 0.1) is 0 Å². The maximum absolute atomic E-state index is 11.7. The normalized spacial score (nSPS) is 30.9. The van der Waals surface area contributed by atoms with Crippen molar-refractivity contribution in [2.24, 2.45) is 0 Å². The quantitative estimate of drug-likeness (QED) is 0.239. The zero-order chi connectivity index (χ0) is 33.2. The van der Waals surface area contributed by atoms with Gasteiger partial charge in [-0.2, -0.15) is 0 Å². The average Bonchev–Trinajstić information content (AvgIpc) is 3.09. The highest BCUT2D eigenvalue weighted by atomic mass is 16.7. The maximum atomic E-state index is 11.7. The standard InChI is InChI=1S/C36H45NO10/c1-23-32(42-19-25-13-7-4-8-14-25)33(43-20-26-15-9-5-10-16-26)34(44-21-27-17-11-6-12-18-27)36(46-23)45-22-28-30(39)31(40)29(37-24(2)38)35(41-3)47-28/h4-18,23,28-36,39-40H,19-22H2,1-3H3,(H,37,38)/t23-,28+,29+,30+,31+,32+,33+,34-,35+,36+/m0/s1. The molecule has 0 aromatic heterocycles. The third-order valence-corrected chi connectivity index (χ3v) is 8.31. The molecule has 3 aromatic carbocycles. The molecule has 10 atom stereocenters. The van der Waals surface area contributed by atoms with Gasteiger partial charge >= 0.3 is 0 Å². The largest absolute Gasteiger partial charge is 0.388 e. The summed E-state index contributed by atoms with van der Waals surface area (Å²) in [5.41, 5.74) is 2.95. The minimum atomic E-state index is -1.38. The summed E-state index contributed by atoms with van der Waals surface area (Å²) in [5, 5.41) is 24.4. The van der Waals surface area contributed by atoms with E-state index < -0.39 is 67.3 Å². The molecule has 3 aromatic rings. The van der Waals surface area contributed by atoms with Gasteiger partial charge in [0.05, 0.1) is 32.5 Å². The van der Waals surface area contributed by atoms with Crippen LogP contribution in [0.4, 0.5) is 0 Å². The van der Waals surface area contributed by atoms with Gasteiger partial charge in [-0.25, -0.2) is 0 Å². The summed E-state index contributed by atoms with van der Waals surface area (Å²) in [6.07, 6.45) is -8.07. The van der Waals surface area contributed by atoms with Crippen molar-refractivity contribution in [3.8, 4) is 0 Å². The molecule has 0 bridgehead atoms. The molecule has 47 heavy (non-hydrogen) atoms. The van der Waals surface area contributed by atoms with Gasteiger partial charge in [0.25, 0.3) is 0 Å². The van der Waals surface area contributed by atoms with Crippen molar-refractivity contribution in [1.29, 1.82) is 0 Å². The summed E-state index contributed by atoms with van der Waals surface area (Å²) in [5.74, 6) is -0.393. The topological polar surface area (TPSA) is 134 Å². The molecule has 254 valence electrons. The number of amides is 1. The van der Waals surface area contributed by atoms with Crippen LogP contribution in [0.25, 0.3) is 0 Å². The Morgan fingerprint density at radius 2 is 1.17 bits per heavy atom. The molecular formula is C36H45NO10. The molecule has 2 saturated heterocycles.